The normalized spacial score (nSPS) is 10.2. The minimum atomic E-state index is -0.935. The summed E-state index contributed by atoms with van der Waals surface area (Å²) in [5, 5.41) is 10.5. The Labute approximate surface area is 118 Å². The molecule has 0 unspecified atom stereocenters. The van der Waals surface area contributed by atoms with Gasteiger partial charge in [-0.05, 0) is 6.07 Å². The van der Waals surface area contributed by atoms with E-state index in [-0.39, 0.29) is 17.9 Å². The van der Waals surface area contributed by atoms with Crippen LogP contribution in [0.4, 0.5) is 10.1 Å². The van der Waals surface area contributed by atoms with Crippen molar-refractivity contribution in [1.82, 2.24) is 9.97 Å². The molecule has 0 N–H and O–H groups in total. The number of hydrogen-bond donors (Lipinski definition) is 0. The number of halogens is 1. The second-order valence-corrected chi connectivity index (χ2v) is 4.07. The van der Waals surface area contributed by atoms with Crippen LogP contribution in [0.3, 0.4) is 0 Å². The van der Waals surface area contributed by atoms with Crippen LogP contribution in [0.25, 0.3) is 0 Å². The first-order valence-electron chi connectivity index (χ1n) is 5.83. The summed E-state index contributed by atoms with van der Waals surface area (Å²) in [6.45, 7) is 0. The molecule has 0 saturated heterocycles. The number of benzene rings is 1. The van der Waals surface area contributed by atoms with Crippen molar-refractivity contribution >= 4 is 11.5 Å². The van der Waals surface area contributed by atoms with E-state index in [2.05, 4.69) is 9.97 Å². The van der Waals surface area contributed by atoms with E-state index in [1.165, 1.54) is 19.5 Å². The van der Waals surface area contributed by atoms with Crippen LogP contribution in [0, 0.1) is 15.9 Å². The van der Waals surface area contributed by atoms with E-state index in [0.29, 0.717) is 11.8 Å². The Kier molecular flexibility index (Phi) is 4.17. The number of nitro groups is 1. The van der Waals surface area contributed by atoms with Gasteiger partial charge in [-0.2, -0.15) is 0 Å². The number of carbonyl (C=O) groups is 1. The van der Waals surface area contributed by atoms with Gasteiger partial charge in [0.25, 0.3) is 5.69 Å². The van der Waals surface area contributed by atoms with Crippen molar-refractivity contribution in [3.05, 3.63) is 57.8 Å². The molecule has 0 amide bonds. The number of nitrogens with zero attached hydrogens (tertiary/aromatic N) is 3. The van der Waals surface area contributed by atoms with Gasteiger partial charge in [-0.3, -0.25) is 14.9 Å². The van der Waals surface area contributed by atoms with Crippen LogP contribution in [0.2, 0.25) is 0 Å². The van der Waals surface area contributed by atoms with Crippen LogP contribution in [0.15, 0.2) is 30.6 Å². The molecule has 0 saturated carbocycles. The summed E-state index contributed by atoms with van der Waals surface area (Å²) in [6.07, 6.45) is 1.07. The number of Topliss-reactive ketones (excluding diaryl/α,β-unsaturated/α-hetero) is 1. The van der Waals surface area contributed by atoms with Crippen LogP contribution in [-0.2, 0) is 6.42 Å². The Morgan fingerprint density at radius 1 is 1.38 bits per heavy atom. The van der Waals surface area contributed by atoms with E-state index in [0.717, 1.165) is 12.1 Å². The smallest absolute Gasteiger partial charge is 0.272 e. The third kappa shape index (κ3) is 3.35. The number of hydrogen-bond acceptors (Lipinski definition) is 6. The zero-order chi connectivity index (χ0) is 15.4. The highest BCUT2D eigenvalue weighted by molar-refractivity contribution is 5.97. The molecule has 1 aromatic carbocycles. The molecule has 0 spiro atoms. The van der Waals surface area contributed by atoms with Gasteiger partial charge in [0.2, 0.25) is 5.88 Å². The third-order valence-corrected chi connectivity index (χ3v) is 2.71. The highest BCUT2D eigenvalue weighted by atomic mass is 19.1. The molecular weight excluding hydrogens is 281 g/mol. The molecule has 1 heterocycles. The molecule has 108 valence electrons. The van der Waals surface area contributed by atoms with Crippen molar-refractivity contribution in [3.8, 4) is 5.88 Å². The number of rotatable bonds is 5. The fourth-order valence-electron chi connectivity index (χ4n) is 1.69. The highest BCUT2D eigenvalue weighted by Crippen LogP contribution is 2.18. The molecule has 0 fully saturated rings. The SMILES string of the molecule is COc1cc(CC(=O)c2ccc([N+](=O)[O-])cc2F)ncn1. The average Bonchev–Trinajstić information content (AvgIpc) is 2.47. The maximum atomic E-state index is 13.7. The lowest BCUT2D eigenvalue weighted by molar-refractivity contribution is -0.385. The summed E-state index contributed by atoms with van der Waals surface area (Å²) >= 11 is 0. The van der Waals surface area contributed by atoms with Crippen molar-refractivity contribution in [1.29, 1.82) is 0 Å². The number of nitro benzene ring substituents is 1. The quantitative estimate of drug-likeness (QED) is 0.474. The summed E-state index contributed by atoms with van der Waals surface area (Å²) in [6, 6.07) is 4.35. The van der Waals surface area contributed by atoms with Crippen LogP contribution in [0.1, 0.15) is 16.1 Å². The topological polar surface area (TPSA) is 95.2 Å². The predicted octanol–water partition coefficient (Wildman–Crippen LogP) is 1.96. The van der Waals surface area contributed by atoms with Gasteiger partial charge in [-0.1, -0.05) is 0 Å². The molecule has 0 bridgehead atoms. The van der Waals surface area contributed by atoms with Gasteiger partial charge in [0, 0.05) is 12.1 Å². The molecule has 0 aliphatic rings. The lowest BCUT2D eigenvalue weighted by atomic mass is 10.1. The number of aromatic nitrogens is 2. The van der Waals surface area contributed by atoms with Crippen molar-refractivity contribution in [3.63, 3.8) is 0 Å². The minimum absolute atomic E-state index is 0.159. The van der Waals surface area contributed by atoms with E-state index < -0.39 is 22.2 Å². The fourth-order valence-corrected chi connectivity index (χ4v) is 1.69. The van der Waals surface area contributed by atoms with Gasteiger partial charge in [0.15, 0.2) is 5.78 Å². The third-order valence-electron chi connectivity index (χ3n) is 2.71. The molecule has 2 rings (SSSR count). The van der Waals surface area contributed by atoms with Crippen LogP contribution < -0.4 is 4.74 Å². The van der Waals surface area contributed by atoms with Crippen LogP contribution >= 0.6 is 0 Å². The van der Waals surface area contributed by atoms with Crippen LogP contribution in [0.5, 0.6) is 5.88 Å². The van der Waals surface area contributed by atoms with Gasteiger partial charge in [-0.15, -0.1) is 0 Å². The second-order valence-electron chi connectivity index (χ2n) is 4.07. The number of methoxy groups -OCH3 is 1. The van der Waals surface area contributed by atoms with Crippen molar-refractivity contribution in [2.45, 2.75) is 6.42 Å². The Morgan fingerprint density at radius 2 is 2.14 bits per heavy atom. The first-order chi connectivity index (χ1) is 10.0. The number of ether oxygens (including phenoxy) is 1. The Balaban J connectivity index is 2.22. The van der Waals surface area contributed by atoms with E-state index in [4.69, 9.17) is 4.74 Å². The van der Waals surface area contributed by atoms with Gasteiger partial charge >= 0.3 is 0 Å². The molecule has 8 heteroatoms. The molecule has 7 nitrogen and oxygen atoms in total. The minimum Gasteiger partial charge on any atom is -0.481 e. The van der Waals surface area contributed by atoms with E-state index in [1.54, 1.807) is 0 Å². The molecule has 0 radical (unpaired) electrons. The Bertz CT molecular complexity index is 706. The number of ketones is 1. The number of non-ortho nitro benzene ring substituents is 1. The number of carbonyl (C=O) groups excluding carboxylic acids is 1. The molecule has 0 aliphatic heterocycles. The van der Waals surface area contributed by atoms with Gasteiger partial charge in [-0.25, -0.2) is 14.4 Å². The van der Waals surface area contributed by atoms with Crippen molar-refractivity contribution in [2.75, 3.05) is 7.11 Å². The molecule has 1 aromatic heterocycles. The maximum absolute atomic E-state index is 13.7. The monoisotopic (exact) mass is 291 g/mol. The Hall–Kier alpha value is -2.90. The standard InChI is InChI=1S/C13H10FN3O4/c1-21-13-5-8(15-7-16-13)4-12(18)10-3-2-9(17(19)20)6-11(10)14/h2-3,5-7H,4H2,1H3. The highest BCUT2D eigenvalue weighted by Gasteiger charge is 2.17. The molecule has 0 aliphatic carbocycles. The molecule has 2 aromatic rings. The van der Waals surface area contributed by atoms with E-state index in [1.807, 2.05) is 0 Å². The van der Waals surface area contributed by atoms with Crippen LogP contribution in [-0.4, -0.2) is 27.8 Å². The summed E-state index contributed by atoms with van der Waals surface area (Å²) in [5.41, 5.74) is -0.268. The summed E-state index contributed by atoms with van der Waals surface area (Å²) in [5.74, 6) is -1.18. The molecular formula is C13H10FN3O4. The predicted molar refractivity (Wildman–Crippen MR) is 69.7 cm³/mol. The first-order valence-corrected chi connectivity index (χ1v) is 5.83. The lowest BCUT2D eigenvalue weighted by Crippen LogP contribution is -2.08. The van der Waals surface area contributed by atoms with Gasteiger partial charge in [0.1, 0.15) is 12.1 Å². The summed E-state index contributed by atoms with van der Waals surface area (Å²) in [7, 11) is 1.42. The Morgan fingerprint density at radius 3 is 2.76 bits per heavy atom. The van der Waals surface area contributed by atoms with Crippen molar-refractivity contribution in [2.24, 2.45) is 0 Å². The van der Waals surface area contributed by atoms with E-state index >= 15 is 0 Å². The van der Waals surface area contributed by atoms with Crippen molar-refractivity contribution < 1.29 is 18.8 Å². The average molecular weight is 291 g/mol. The zero-order valence-electron chi connectivity index (χ0n) is 10.9. The van der Waals surface area contributed by atoms with Gasteiger partial charge in [0.05, 0.1) is 35.8 Å². The largest absolute Gasteiger partial charge is 0.481 e. The van der Waals surface area contributed by atoms with Gasteiger partial charge < -0.3 is 4.74 Å². The first kappa shape index (κ1) is 14.5. The maximum Gasteiger partial charge on any atom is 0.272 e. The lowest BCUT2D eigenvalue weighted by Gasteiger charge is -2.04. The van der Waals surface area contributed by atoms with E-state index in [9.17, 15) is 19.3 Å². The fraction of sp³-hybridized carbons (Fsp3) is 0.154. The molecule has 0 atom stereocenters. The zero-order valence-corrected chi connectivity index (χ0v) is 10.9. The molecule has 21 heavy (non-hydrogen) atoms. The summed E-state index contributed by atoms with van der Waals surface area (Å²) < 4.78 is 18.6. The second kappa shape index (κ2) is 6.04. The summed E-state index contributed by atoms with van der Waals surface area (Å²) in [4.78, 5) is 29.5.